The number of rotatable bonds is 4. The van der Waals surface area contributed by atoms with Crippen molar-refractivity contribution >= 4 is 23.2 Å². The fourth-order valence-electron chi connectivity index (χ4n) is 3.04. The van der Waals surface area contributed by atoms with E-state index < -0.39 is 5.91 Å². The Bertz CT molecular complexity index is 989. The number of methoxy groups -OCH3 is 1. The molecule has 1 aliphatic heterocycles. The summed E-state index contributed by atoms with van der Waals surface area (Å²) >= 11 is 1.55. The van der Waals surface area contributed by atoms with E-state index in [2.05, 4.69) is 15.4 Å². The number of ether oxygens (including phenoxy) is 1. The first-order valence-corrected chi connectivity index (χ1v) is 8.88. The molecule has 3 aromatic rings. The van der Waals surface area contributed by atoms with Gasteiger partial charge in [0.15, 0.2) is 5.82 Å². The summed E-state index contributed by atoms with van der Waals surface area (Å²) in [5, 5.41) is 9.76. The smallest absolute Gasteiger partial charge is 0.248 e. The lowest BCUT2D eigenvalue weighted by Crippen LogP contribution is -2.31. The second kappa shape index (κ2) is 6.30. The van der Waals surface area contributed by atoms with Crippen molar-refractivity contribution in [1.29, 1.82) is 0 Å². The minimum absolute atomic E-state index is 0.386. The zero-order valence-electron chi connectivity index (χ0n) is 14.3. The summed E-state index contributed by atoms with van der Waals surface area (Å²) < 4.78 is 6.91. The van der Waals surface area contributed by atoms with Gasteiger partial charge in [0.05, 0.1) is 12.7 Å². The first-order chi connectivity index (χ1) is 12.6. The largest absolute Gasteiger partial charge is 0.497 e. The van der Waals surface area contributed by atoms with Crippen molar-refractivity contribution in [2.45, 2.75) is 13.0 Å². The third-order valence-electron chi connectivity index (χ3n) is 4.28. The van der Waals surface area contributed by atoms with Crippen molar-refractivity contribution < 1.29 is 9.53 Å². The number of nitrogens with two attached hydrogens (primary N) is 1. The highest BCUT2D eigenvalue weighted by Gasteiger charge is 2.33. The molecule has 1 amide bonds. The maximum Gasteiger partial charge on any atom is 0.248 e. The molecule has 1 aromatic carbocycles. The van der Waals surface area contributed by atoms with Crippen LogP contribution < -0.4 is 15.8 Å². The van der Waals surface area contributed by atoms with E-state index in [1.807, 2.05) is 48.7 Å². The number of thiophene rings is 1. The highest BCUT2D eigenvalue weighted by molar-refractivity contribution is 7.10. The van der Waals surface area contributed by atoms with Crippen LogP contribution in [0.2, 0.25) is 0 Å². The van der Waals surface area contributed by atoms with E-state index in [4.69, 9.17) is 10.5 Å². The maximum atomic E-state index is 12.1. The number of carbonyl (C=O) groups excluding carboxylic acids is 1. The van der Waals surface area contributed by atoms with Gasteiger partial charge in [-0.1, -0.05) is 6.07 Å². The van der Waals surface area contributed by atoms with E-state index in [0.717, 1.165) is 16.2 Å². The van der Waals surface area contributed by atoms with Gasteiger partial charge in [-0.2, -0.15) is 4.98 Å². The topological polar surface area (TPSA) is 95.1 Å². The Morgan fingerprint density at radius 3 is 2.69 bits per heavy atom. The fraction of sp³-hybridized carbons (Fsp3) is 0.167. The van der Waals surface area contributed by atoms with Gasteiger partial charge in [0, 0.05) is 16.1 Å². The van der Waals surface area contributed by atoms with E-state index in [1.54, 1.807) is 23.1 Å². The van der Waals surface area contributed by atoms with Crippen LogP contribution in [0.25, 0.3) is 11.4 Å². The van der Waals surface area contributed by atoms with Gasteiger partial charge in [0.1, 0.15) is 11.8 Å². The van der Waals surface area contributed by atoms with Gasteiger partial charge in [-0.15, -0.1) is 16.4 Å². The zero-order valence-corrected chi connectivity index (χ0v) is 15.1. The summed E-state index contributed by atoms with van der Waals surface area (Å²) in [5.41, 5.74) is 7.70. The number of anilines is 1. The summed E-state index contributed by atoms with van der Waals surface area (Å²) in [4.78, 5) is 17.7. The lowest BCUT2D eigenvalue weighted by Gasteiger charge is -2.26. The summed E-state index contributed by atoms with van der Waals surface area (Å²) in [5.74, 6) is 1.44. The number of nitrogens with one attached hydrogen (secondary N) is 1. The van der Waals surface area contributed by atoms with Crippen LogP contribution in [0.3, 0.4) is 0 Å². The van der Waals surface area contributed by atoms with Gasteiger partial charge >= 0.3 is 0 Å². The van der Waals surface area contributed by atoms with Gasteiger partial charge in [-0.05, 0) is 42.6 Å². The number of nitrogens with zero attached hydrogens (tertiary/aromatic N) is 3. The minimum atomic E-state index is -0.472. The first kappa shape index (κ1) is 16.3. The summed E-state index contributed by atoms with van der Waals surface area (Å²) in [6.07, 6.45) is 0. The molecule has 4 rings (SSSR count). The van der Waals surface area contributed by atoms with Crippen molar-refractivity contribution in [2.24, 2.45) is 5.73 Å². The molecule has 1 unspecified atom stereocenters. The molecule has 0 aliphatic carbocycles. The highest BCUT2D eigenvalue weighted by Crippen LogP contribution is 2.37. The number of allylic oxidation sites excluding steroid dienone is 1. The SMILES string of the molecule is COc1ccc(-c2nc3n(n2)C(c2cccs2)C(C(N)=O)=C(C)N3)cc1. The van der Waals surface area contributed by atoms with Gasteiger partial charge in [-0.3, -0.25) is 4.79 Å². The predicted molar refractivity (Wildman–Crippen MR) is 100.0 cm³/mol. The molecular formula is C18H17N5O2S. The van der Waals surface area contributed by atoms with Crippen LogP contribution in [0.15, 0.2) is 53.0 Å². The Hall–Kier alpha value is -3.13. The second-order valence-electron chi connectivity index (χ2n) is 5.88. The molecule has 7 nitrogen and oxygen atoms in total. The fourth-order valence-corrected chi connectivity index (χ4v) is 3.86. The van der Waals surface area contributed by atoms with E-state index >= 15 is 0 Å². The molecule has 1 atom stereocenters. The molecule has 3 N–H and O–H groups in total. The van der Waals surface area contributed by atoms with E-state index in [0.29, 0.717) is 23.0 Å². The number of aromatic nitrogens is 3. The van der Waals surface area contributed by atoms with Gasteiger partial charge in [0.2, 0.25) is 11.9 Å². The predicted octanol–water partition coefficient (Wildman–Crippen LogP) is 2.79. The summed E-state index contributed by atoms with van der Waals surface area (Å²) in [6, 6.07) is 11.0. The Morgan fingerprint density at radius 1 is 1.31 bits per heavy atom. The third-order valence-corrected chi connectivity index (χ3v) is 5.20. The molecule has 8 heteroatoms. The van der Waals surface area contributed by atoms with Crippen molar-refractivity contribution in [3.05, 3.63) is 57.9 Å². The Morgan fingerprint density at radius 2 is 2.08 bits per heavy atom. The number of primary amides is 1. The summed E-state index contributed by atoms with van der Waals surface area (Å²) in [7, 11) is 1.62. The Labute approximate surface area is 154 Å². The monoisotopic (exact) mass is 367 g/mol. The molecule has 0 fully saturated rings. The first-order valence-electron chi connectivity index (χ1n) is 8.00. The minimum Gasteiger partial charge on any atom is -0.497 e. The molecule has 0 bridgehead atoms. The lowest BCUT2D eigenvalue weighted by molar-refractivity contribution is -0.115. The second-order valence-corrected chi connectivity index (χ2v) is 6.86. The van der Waals surface area contributed by atoms with Crippen LogP contribution in [0.4, 0.5) is 5.95 Å². The number of benzene rings is 1. The van der Waals surface area contributed by atoms with E-state index in [9.17, 15) is 4.79 Å². The molecule has 0 spiro atoms. The average molecular weight is 367 g/mol. The molecule has 3 heterocycles. The van der Waals surface area contributed by atoms with Crippen LogP contribution in [-0.4, -0.2) is 27.8 Å². The molecule has 2 aromatic heterocycles. The van der Waals surface area contributed by atoms with Crippen molar-refractivity contribution in [2.75, 3.05) is 12.4 Å². The number of fused-ring (bicyclic) bond motifs is 1. The van der Waals surface area contributed by atoms with E-state index in [1.165, 1.54) is 0 Å². The highest BCUT2D eigenvalue weighted by atomic mass is 32.1. The number of hydrogen-bond donors (Lipinski definition) is 2. The number of hydrogen-bond acceptors (Lipinski definition) is 6. The molecule has 132 valence electrons. The molecule has 0 saturated carbocycles. The molecular weight excluding hydrogens is 350 g/mol. The van der Waals surface area contributed by atoms with Crippen molar-refractivity contribution in [3.8, 4) is 17.1 Å². The number of carbonyl (C=O) groups is 1. The van der Waals surface area contributed by atoms with Crippen LogP contribution in [0.5, 0.6) is 5.75 Å². The molecule has 0 radical (unpaired) electrons. The third kappa shape index (κ3) is 2.64. The van der Waals surface area contributed by atoms with Crippen molar-refractivity contribution in [3.63, 3.8) is 0 Å². The average Bonchev–Trinajstić information content (AvgIpc) is 3.30. The Balaban J connectivity index is 1.82. The normalized spacial score (nSPS) is 16.2. The zero-order chi connectivity index (χ0) is 18.3. The van der Waals surface area contributed by atoms with Crippen LogP contribution >= 0.6 is 11.3 Å². The maximum absolute atomic E-state index is 12.1. The standard InChI is InChI=1S/C18H17N5O2S/c1-10-14(16(19)24)15(13-4-3-9-26-13)23-18(20-10)21-17(22-23)11-5-7-12(25-2)8-6-11/h3-9,15H,1-2H3,(H2,19,24)(H,20,21,22). The van der Waals surface area contributed by atoms with Crippen LogP contribution in [0, 0.1) is 0 Å². The quantitative estimate of drug-likeness (QED) is 0.739. The number of amides is 1. The lowest BCUT2D eigenvalue weighted by atomic mass is 10.0. The molecule has 0 saturated heterocycles. The Kier molecular flexibility index (Phi) is 3.96. The van der Waals surface area contributed by atoms with Gasteiger partial charge < -0.3 is 15.8 Å². The summed E-state index contributed by atoms with van der Waals surface area (Å²) in [6.45, 7) is 1.83. The van der Waals surface area contributed by atoms with Crippen molar-refractivity contribution in [1.82, 2.24) is 14.8 Å². The van der Waals surface area contributed by atoms with Crippen LogP contribution in [-0.2, 0) is 4.79 Å². The van der Waals surface area contributed by atoms with Gasteiger partial charge in [0.25, 0.3) is 0 Å². The molecule has 1 aliphatic rings. The van der Waals surface area contributed by atoms with Gasteiger partial charge in [-0.25, -0.2) is 4.68 Å². The van der Waals surface area contributed by atoms with Crippen LogP contribution in [0.1, 0.15) is 17.8 Å². The van der Waals surface area contributed by atoms with E-state index in [-0.39, 0.29) is 6.04 Å². The molecule has 26 heavy (non-hydrogen) atoms.